The van der Waals surface area contributed by atoms with E-state index < -0.39 is 0 Å². The molecule has 0 radical (unpaired) electrons. The van der Waals surface area contributed by atoms with Gasteiger partial charge in [-0.1, -0.05) is 31.2 Å². The van der Waals surface area contributed by atoms with Gasteiger partial charge in [-0.3, -0.25) is 9.89 Å². The summed E-state index contributed by atoms with van der Waals surface area (Å²) in [5.41, 5.74) is 1.96. The van der Waals surface area contributed by atoms with Crippen LogP contribution in [-0.2, 0) is 6.42 Å². The van der Waals surface area contributed by atoms with Crippen LogP contribution in [0.3, 0.4) is 0 Å². The molecule has 0 aliphatic heterocycles. The summed E-state index contributed by atoms with van der Waals surface area (Å²) in [6.07, 6.45) is 0.806. The maximum absolute atomic E-state index is 12.2. The molecule has 2 aromatic carbocycles. The lowest BCUT2D eigenvalue weighted by molar-refractivity contribution is 0.102. The number of hydrogen-bond donors (Lipinski definition) is 2. The lowest BCUT2D eigenvalue weighted by Gasteiger charge is -2.08. The summed E-state index contributed by atoms with van der Waals surface area (Å²) < 4.78 is 5.75. The number of aromatic nitrogens is 2. The summed E-state index contributed by atoms with van der Waals surface area (Å²) in [7, 11) is 0. The Morgan fingerprint density at radius 1 is 1.09 bits per heavy atom. The van der Waals surface area contributed by atoms with Gasteiger partial charge in [0.1, 0.15) is 11.5 Å². The Morgan fingerprint density at radius 2 is 1.87 bits per heavy atom. The number of para-hydroxylation sites is 1. The third-order valence-corrected chi connectivity index (χ3v) is 3.32. The zero-order valence-corrected chi connectivity index (χ0v) is 12.7. The van der Waals surface area contributed by atoms with E-state index in [1.54, 1.807) is 12.1 Å². The van der Waals surface area contributed by atoms with E-state index >= 15 is 0 Å². The maximum atomic E-state index is 12.2. The number of nitrogens with one attached hydrogen (secondary N) is 2. The summed E-state index contributed by atoms with van der Waals surface area (Å²) in [4.78, 5) is 12.2. The van der Waals surface area contributed by atoms with Gasteiger partial charge in [0.05, 0.1) is 0 Å². The predicted octanol–water partition coefficient (Wildman–Crippen LogP) is 4.02. The molecule has 0 atom stereocenters. The van der Waals surface area contributed by atoms with E-state index in [4.69, 9.17) is 4.74 Å². The fraction of sp³-hybridized carbons (Fsp3) is 0.111. The highest BCUT2D eigenvalue weighted by molar-refractivity contribution is 6.03. The minimum absolute atomic E-state index is 0.252. The van der Waals surface area contributed by atoms with Gasteiger partial charge in [-0.2, -0.15) is 5.10 Å². The van der Waals surface area contributed by atoms with Crippen LogP contribution in [0.2, 0.25) is 0 Å². The van der Waals surface area contributed by atoms with Crippen LogP contribution in [0.25, 0.3) is 0 Å². The van der Waals surface area contributed by atoms with Gasteiger partial charge in [-0.15, -0.1) is 0 Å². The molecule has 0 bridgehead atoms. The van der Waals surface area contributed by atoms with Gasteiger partial charge in [0.2, 0.25) is 0 Å². The normalized spacial score (nSPS) is 10.3. The van der Waals surface area contributed by atoms with Gasteiger partial charge in [-0.25, -0.2) is 0 Å². The second kappa shape index (κ2) is 6.79. The first-order chi connectivity index (χ1) is 11.2. The SMILES string of the molecule is CCc1cc(C(=O)Nc2cccc(Oc3ccccc3)c2)n[nH]1. The summed E-state index contributed by atoms with van der Waals surface area (Å²) in [6, 6.07) is 18.5. The van der Waals surface area contributed by atoms with Crippen molar-refractivity contribution in [2.24, 2.45) is 0 Å². The molecule has 0 aliphatic rings. The minimum Gasteiger partial charge on any atom is -0.457 e. The molecule has 3 rings (SSSR count). The number of ether oxygens (including phenoxy) is 1. The van der Waals surface area contributed by atoms with Crippen LogP contribution < -0.4 is 10.1 Å². The molecule has 2 N–H and O–H groups in total. The monoisotopic (exact) mass is 307 g/mol. The molecule has 0 unspecified atom stereocenters. The highest BCUT2D eigenvalue weighted by Crippen LogP contribution is 2.24. The lowest BCUT2D eigenvalue weighted by atomic mass is 10.2. The highest BCUT2D eigenvalue weighted by Gasteiger charge is 2.10. The fourth-order valence-corrected chi connectivity index (χ4v) is 2.12. The quantitative estimate of drug-likeness (QED) is 0.748. The van der Waals surface area contributed by atoms with Crippen molar-refractivity contribution in [3.05, 3.63) is 72.1 Å². The Hall–Kier alpha value is -3.08. The number of H-pyrrole nitrogens is 1. The van der Waals surface area contributed by atoms with E-state index in [2.05, 4.69) is 15.5 Å². The number of aryl methyl sites for hydroxylation is 1. The van der Waals surface area contributed by atoms with Gasteiger partial charge in [0, 0.05) is 17.4 Å². The number of carbonyl (C=O) groups excluding carboxylic acids is 1. The molecule has 1 heterocycles. The van der Waals surface area contributed by atoms with Crippen LogP contribution in [0.1, 0.15) is 23.1 Å². The van der Waals surface area contributed by atoms with Gasteiger partial charge in [0.25, 0.3) is 5.91 Å². The molecule has 5 nitrogen and oxygen atoms in total. The predicted molar refractivity (Wildman–Crippen MR) is 88.9 cm³/mol. The first-order valence-electron chi connectivity index (χ1n) is 7.43. The molecule has 0 saturated heterocycles. The molecular weight excluding hydrogens is 290 g/mol. The summed E-state index contributed by atoms with van der Waals surface area (Å²) >= 11 is 0. The molecule has 3 aromatic rings. The van der Waals surface area contributed by atoms with Crippen molar-refractivity contribution < 1.29 is 9.53 Å². The van der Waals surface area contributed by atoms with E-state index in [1.165, 1.54) is 0 Å². The van der Waals surface area contributed by atoms with Crippen LogP contribution in [0.4, 0.5) is 5.69 Å². The molecule has 5 heteroatoms. The molecule has 116 valence electrons. The van der Waals surface area contributed by atoms with Gasteiger partial charge in [-0.05, 0) is 36.8 Å². The molecule has 0 aliphatic carbocycles. The van der Waals surface area contributed by atoms with Crippen LogP contribution in [0, 0.1) is 0 Å². The van der Waals surface area contributed by atoms with Crippen molar-refractivity contribution in [3.8, 4) is 11.5 Å². The topological polar surface area (TPSA) is 67.0 Å². The number of aromatic amines is 1. The molecule has 0 fully saturated rings. The molecule has 0 spiro atoms. The van der Waals surface area contributed by atoms with E-state index in [-0.39, 0.29) is 5.91 Å². The number of rotatable bonds is 5. The Balaban J connectivity index is 1.71. The Labute approximate surface area is 134 Å². The second-order valence-electron chi connectivity index (χ2n) is 5.03. The van der Waals surface area contributed by atoms with Crippen LogP contribution in [0.5, 0.6) is 11.5 Å². The number of anilines is 1. The Kier molecular flexibility index (Phi) is 4.38. The van der Waals surface area contributed by atoms with E-state index in [9.17, 15) is 4.79 Å². The number of hydrogen-bond acceptors (Lipinski definition) is 3. The summed E-state index contributed by atoms with van der Waals surface area (Å²) in [5, 5.41) is 9.66. The number of nitrogens with zero attached hydrogens (tertiary/aromatic N) is 1. The fourth-order valence-electron chi connectivity index (χ4n) is 2.12. The zero-order valence-electron chi connectivity index (χ0n) is 12.7. The van der Waals surface area contributed by atoms with Crippen molar-refractivity contribution in [2.75, 3.05) is 5.32 Å². The van der Waals surface area contributed by atoms with Gasteiger partial charge >= 0.3 is 0 Å². The number of amides is 1. The first-order valence-corrected chi connectivity index (χ1v) is 7.43. The average Bonchev–Trinajstić information content (AvgIpc) is 3.05. The molecule has 1 aromatic heterocycles. The van der Waals surface area contributed by atoms with Crippen molar-refractivity contribution in [1.82, 2.24) is 10.2 Å². The second-order valence-corrected chi connectivity index (χ2v) is 5.03. The van der Waals surface area contributed by atoms with Crippen LogP contribution in [-0.4, -0.2) is 16.1 Å². The Morgan fingerprint density at radius 3 is 2.61 bits per heavy atom. The molecule has 23 heavy (non-hydrogen) atoms. The lowest BCUT2D eigenvalue weighted by Crippen LogP contribution is -2.12. The largest absolute Gasteiger partial charge is 0.457 e. The Bertz CT molecular complexity index is 797. The highest BCUT2D eigenvalue weighted by atomic mass is 16.5. The third kappa shape index (κ3) is 3.77. The maximum Gasteiger partial charge on any atom is 0.276 e. The van der Waals surface area contributed by atoms with E-state index in [0.29, 0.717) is 17.1 Å². The van der Waals surface area contributed by atoms with Crippen molar-refractivity contribution >= 4 is 11.6 Å². The van der Waals surface area contributed by atoms with Crippen molar-refractivity contribution in [3.63, 3.8) is 0 Å². The average molecular weight is 307 g/mol. The standard InChI is InChI=1S/C18H17N3O2/c1-2-13-12-17(21-20-13)18(22)19-14-7-6-10-16(11-14)23-15-8-4-3-5-9-15/h3-12H,2H2,1H3,(H,19,22)(H,20,21). The smallest absolute Gasteiger partial charge is 0.276 e. The third-order valence-electron chi connectivity index (χ3n) is 3.32. The molecular formula is C18H17N3O2. The minimum atomic E-state index is -0.252. The van der Waals surface area contributed by atoms with E-state index in [0.717, 1.165) is 17.9 Å². The van der Waals surface area contributed by atoms with Crippen molar-refractivity contribution in [2.45, 2.75) is 13.3 Å². The van der Waals surface area contributed by atoms with Crippen LogP contribution in [0.15, 0.2) is 60.7 Å². The van der Waals surface area contributed by atoms with Crippen LogP contribution >= 0.6 is 0 Å². The first kappa shape index (κ1) is 14.8. The van der Waals surface area contributed by atoms with Crippen molar-refractivity contribution in [1.29, 1.82) is 0 Å². The summed E-state index contributed by atoms with van der Waals surface area (Å²) in [5.74, 6) is 1.15. The zero-order chi connectivity index (χ0) is 16.1. The molecule has 0 saturated carbocycles. The van der Waals surface area contributed by atoms with Gasteiger partial charge < -0.3 is 10.1 Å². The number of benzene rings is 2. The van der Waals surface area contributed by atoms with E-state index in [1.807, 2.05) is 55.5 Å². The molecule has 1 amide bonds. The number of carbonyl (C=O) groups is 1. The summed E-state index contributed by atoms with van der Waals surface area (Å²) in [6.45, 7) is 2.00. The van der Waals surface area contributed by atoms with Gasteiger partial charge in [0.15, 0.2) is 5.69 Å².